The zero-order valence-electron chi connectivity index (χ0n) is 15.3. The maximum atomic E-state index is 13.2. The molecule has 0 amide bonds. The van der Waals surface area contributed by atoms with Crippen LogP contribution in [0.3, 0.4) is 0 Å². The molecule has 1 atom stereocenters. The number of methoxy groups -OCH3 is 1. The average Bonchev–Trinajstić information content (AvgIpc) is 2.74. The average molecular weight is 375 g/mol. The third-order valence-electron chi connectivity index (χ3n) is 5.36. The highest BCUT2D eigenvalue weighted by Crippen LogP contribution is 2.41. The van der Waals surface area contributed by atoms with Crippen molar-refractivity contribution in [2.24, 2.45) is 0 Å². The maximum Gasteiger partial charge on any atom is 0.180 e. The van der Waals surface area contributed by atoms with Crippen LogP contribution in [0.5, 0.6) is 11.5 Å². The lowest BCUT2D eigenvalue weighted by Gasteiger charge is -2.34. The van der Waals surface area contributed by atoms with Crippen LogP contribution in [0.4, 0.5) is 0 Å². The van der Waals surface area contributed by atoms with E-state index in [0.29, 0.717) is 18.4 Å². The van der Waals surface area contributed by atoms with Gasteiger partial charge in [0.2, 0.25) is 0 Å². The van der Waals surface area contributed by atoms with E-state index in [4.69, 9.17) is 4.74 Å². The predicted octanol–water partition coefficient (Wildman–Crippen LogP) is 3.43. The Morgan fingerprint density at radius 2 is 1.85 bits per heavy atom. The van der Waals surface area contributed by atoms with E-state index in [9.17, 15) is 13.5 Å². The lowest BCUT2D eigenvalue weighted by atomic mass is 9.90. The summed E-state index contributed by atoms with van der Waals surface area (Å²) in [5, 5.41) is 13.8. The first-order valence-corrected chi connectivity index (χ1v) is 10.5. The first kappa shape index (κ1) is 18.7. The van der Waals surface area contributed by atoms with Gasteiger partial charge in [0.15, 0.2) is 21.3 Å². The number of nitrogens with one attached hydrogen (secondary N) is 1. The van der Waals surface area contributed by atoms with Crippen molar-refractivity contribution in [3.63, 3.8) is 0 Å². The van der Waals surface area contributed by atoms with Crippen LogP contribution in [0.2, 0.25) is 0 Å². The lowest BCUT2D eigenvalue weighted by Crippen LogP contribution is -2.49. The van der Waals surface area contributed by atoms with E-state index in [1.165, 1.54) is 13.2 Å². The second kappa shape index (κ2) is 6.93. The van der Waals surface area contributed by atoms with Crippen LogP contribution in [0, 0.1) is 0 Å². The topological polar surface area (TPSA) is 75.6 Å². The number of sulfone groups is 1. The van der Waals surface area contributed by atoms with Gasteiger partial charge in [-0.25, -0.2) is 8.42 Å². The first-order chi connectivity index (χ1) is 12.4. The molecule has 2 aromatic carbocycles. The number of fused-ring (bicyclic) bond motifs is 1. The van der Waals surface area contributed by atoms with Gasteiger partial charge in [-0.15, -0.1) is 0 Å². The highest BCUT2D eigenvalue weighted by molar-refractivity contribution is 7.91. The van der Waals surface area contributed by atoms with E-state index >= 15 is 0 Å². The molecule has 0 spiro atoms. The summed E-state index contributed by atoms with van der Waals surface area (Å²) in [6.45, 7) is 4.00. The van der Waals surface area contributed by atoms with E-state index in [1.54, 1.807) is 6.07 Å². The quantitative estimate of drug-likeness (QED) is 0.856. The van der Waals surface area contributed by atoms with E-state index in [1.807, 2.05) is 44.2 Å². The summed E-state index contributed by atoms with van der Waals surface area (Å²) >= 11 is 0. The standard InChI is InChI=1S/C20H25NO4S/c1-4-20(5-2)13-26(23,24)18-12-16(22)17(25-3)11-15(18)19(21-20)14-9-7-6-8-10-14/h6-12,19,21-22H,4-5,13H2,1-3H3. The van der Waals surface area contributed by atoms with Gasteiger partial charge in [-0.3, -0.25) is 5.32 Å². The molecule has 5 nitrogen and oxygen atoms in total. The smallest absolute Gasteiger partial charge is 0.180 e. The summed E-state index contributed by atoms with van der Waals surface area (Å²) in [6, 6.07) is 12.4. The van der Waals surface area contributed by atoms with E-state index in [2.05, 4.69) is 5.32 Å². The first-order valence-electron chi connectivity index (χ1n) is 8.82. The van der Waals surface area contributed by atoms with Crippen molar-refractivity contribution in [2.75, 3.05) is 12.9 Å². The SMILES string of the molecule is CCC1(CC)CS(=O)(=O)c2cc(O)c(OC)cc2C(c2ccccc2)N1. The van der Waals surface area contributed by atoms with Crippen LogP contribution in [-0.4, -0.2) is 31.9 Å². The summed E-state index contributed by atoms with van der Waals surface area (Å²) in [7, 11) is -2.12. The summed E-state index contributed by atoms with van der Waals surface area (Å²) in [6.07, 6.45) is 1.37. The van der Waals surface area contributed by atoms with Gasteiger partial charge in [0, 0.05) is 11.6 Å². The molecule has 0 fully saturated rings. The number of ether oxygens (including phenoxy) is 1. The van der Waals surface area contributed by atoms with Crippen molar-refractivity contribution in [2.45, 2.75) is 43.2 Å². The monoisotopic (exact) mass is 375 g/mol. The third kappa shape index (κ3) is 3.19. The molecule has 6 heteroatoms. The molecule has 3 rings (SSSR count). The van der Waals surface area contributed by atoms with Gasteiger partial charge in [-0.1, -0.05) is 44.2 Å². The second-order valence-electron chi connectivity index (χ2n) is 6.80. The Kier molecular flexibility index (Phi) is 4.99. The van der Waals surface area contributed by atoms with Crippen LogP contribution >= 0.6 is 0 Å². The Balaban J connectivity index is 2.31. The Labute approximate surface area is 154 Å². The molecule has 0 bridgehead atoms. The van der Waals surface area contributed by atoms with Gasteiger partial charge in [-0.2, -0.15) is 0 Å². The molecule has 0 aromatic heterocycles. The Morgan fingerprint density at radius 1 is 1.19 bits per heavy atom. The van der Waals surface area contributed by atoms with Gasteiger partial charge in [-0.05, 0) is 30.0 Å². The lowest BCUT2D eigenvalue weighted by molar-refractivity contribution is 0.312. The zero-order valence-corrected chi connectivity index (χ0v) is 16.1. The van der Waals surface area contributed by atoms with Gasteiger partial charge in [0.05, 0.1) is 23.8 Å². The van der Waals surface area contributed by atoms with Crippen molar-refractivity contribution in [1.29, 1.82) is 0 Å². The van der Waals surface area contributed by atoms with Gasteiger partial charge in [0.1, 0.15) is 0 Å². The van der Waals surface area contributed by atoms with Crippen LogP contribution in [0.25, 0.3) is 0 Å². The van der Waals surface area contributed by atoms with E-state index in [0.717, 1.165) is 5.56 Å². The van der Waals surface area contributed by atoms with Gasteiger partial charge in [0.25, 0.3) is 0 Å². The molecule has 2 aromatic rings. The molecular formula is C20H25NO4S. The van der Waals surface area contributed by atoms with Crippen LogP contribution in [0.1, 0.15) is 43.9 Å². The van der Waals surface area contributed by atoms with Crippen molar-refractivity contribution >= 4 is 9.84 Å². The van der Waals surface area contributed by atoms with Crippen LogP contribution < -0.4 is 10.1 Å². The minimum atomic E-state index is -3.58. The number of phenols is 1. The number of aromatic hydroxyl groups is 1. The van der Waals surface area contributed by atoms with Crippen molar-refractivity contribution < 1.29 is 18.3 Å². The fourth-order valence-corrected chi connectivity index (χ4v) is 5.86. The summed E-state index contributed by atoms with van der Waals surface area (Å²) < 4.78 is 31.6. The van der Waals surface area contributed by atoms with Crippen molar-refractivity contribution in [3.8, 4) is 11.5 Å². The highest BCUT2D eigenvalue weighted by atomic mass is 32.2. The van der Waals surface area contributed by atoms with Crippen LogP contribution in [-0.2, 0) is 9.84 Å². The summed E-state index contributed by atoms with van der Waals surface area (Å²) in [5.41, 5.74) is 1.04. The summed E-state index contributed by atoms with van der Waals surface area (Å²) in [5.74, 6) is 0.0964. The fourth-order valence-electron chi connectivity index (χ4n) is 3.66. The third-order valence-corrected chi connectivity index (χ3v) is 7.32. The maximum absolute atomic E-state index is 13.2. The molecule has 1 aliphatic rings. The Hall–Kier alpha value is -2.05. The Bertz CT molecular complexity index is 890. The highest BCUT2D eigenvalue weighted by Gasteiger charge is 2.41. The molecule has 1 heterocycles. The normalized spacial score (nSPS) is 20.8. The molecular weight excluding hydrogens is 350 g/mol. The molecule has 1 unspecified atom stereocenters. The molecule has 2 N–H and O–H groups in total. The number of phenolic OH excluding ortho intramolecular Hbond substituents is 1. The molecule has 140 valence electrons. The van der Waals surface area contributed by atoms with E-state index < -0.39 is 15.4 Å². The van der Waals surface area contributed by atoms with Crippen molar-refractivity contribution in [3.05, 3.63) is 53.6 Å². The minimum Gasteiger partial charge on any atom is -0.504 e. The molecule has 0 saturated carbocycles. The fraction of sp³-hybridized carbons (Fsp3) is 0.400. The largest absolute Gasteiger partial charge is 0.504 e. The molecule has 0 saturated heterocycles. The van der Waals surface area contributed by atoms with E-state index in [-0.39, 0.29) is 28.2 Å². The molecule has 0 radical (unpaired) electrons. The van der Waals surface area contributed by atoms with Crippen molar-refractivity contribution in [1.82, 2.24) is 5.32 Å². The molecule has 0 aliphatic carbocycles. The number of hydrogen-bond acceptors (Lipinski definition) is 5. The zero-order chi connectivity index (χ0) is 18.9. The number of benzene rings is 2. The summed E-state index contributed by atoms with van der Waals surface area (Å²) in [4.78, 5) is 0.168. The Morgan fingerprint density at radius 3 is 2.42 bits per heavy atom. The second-order valence-corrected chi connectivity index (χ2v) is 8.75. The predicted molar refractivity (Wildman–Crippen MR) is 101 cm³/mol. The minimum absolute atomic E-state index is 0.00486. The molecule has 26 heavy (non-hydrogen) atoms. The van der Waals surface area contributed by atoms with Gasteiger partial charge >= 0.3 is 0 Å². The van der Waals surface area contributed by atoms with Crippen LogP contribution in [0.15, 0.2) is 47.4 Å². The molecule has 1 aliphatic heterocycles. The number of hydrogen-bond donors (Lipinski definition) is 2. The number of rotatable bonds is 4. The van der Waals surface area contributed by atoms with Gasteiger partial charge < -0.3 is 9.84 Å².